The molecule has 1 saturated heterocycles. The lowest BCUT2D eigenvalue weighted by atomic mass is 9.78. The first-order chi connectivity index (χ1) is 16.6. The van der Waals surface area contributed by atoms with Gasteiger partial charge in [0.15, 0.2) is 17.5 Å². The Bertz CT molecular complexity index is 1170. The minimum atomic E-state index is -0.406. The molecule has 0 radical (unpaired) electrons. The lowest BCUT2D eigenvalue weighted by Crippen LogP contribution is -2.51. The van der Waals surface area contributed by atoms with E-state index in [2.05, 4.69) is 4.99 Å². The maximum atomic E-state index is 12.9. The Morgan fingerprint density at radius 1 is 1.26 bits per heavy atom. The summed E-state index contributed by atoms with van der Waals surface area (Å²) in [6.45, 7) is 3.43. The van der Waals surface area contributed by atoms with Crippen molar-refractivity contribution in [2.45, 2.75) is 25.3 Å². The molecule has 2 heterocycles. The second-order valence-electron chi connectivity index (χ2n) is 9.41. The summed E-state index contributed by atoms with van der Waals surface area (Å²) in [5.41, 5.74) is 9.89. The van der Waals surface area contributed by atoms with E-state index in [9.17, 15) is 10.0 Å². The third-order valence-corrected chi connectivity index (χ3v) is 6.61. The van der Waals surface area contributed by atoms with Gasteiger partial charge in [-0.05, 0) is 36.8 Å². The first-order valence-corrected chi connectivity index (χ1v) is 11.8. The van der Waals surface area contributed by atoms with Gasteiger partial charge in [0.05, 0.1) is 51.5 Å². The number of carbonyl (C=O) groups excluding carboxylic acids is 1. The number of guanidine groups is 1. The van der Waals surface area contributed by atoms with E-state index >= 15 is 0 Å². The quantitative estimate of drug-likeness (QED) is 0.305. The molecule has 3 atom stereocenters. The highest BCUT2D eigenvalue weighted by Crippen LogP contribution is 2.43. The van der Waals surface area contributed by atoms with Crippen LogP contribution in [0.4, 0.5) is 0 Å². The van der Waals surface area contributed by atoms with E-state index in [4.69, 9.17) is 20.2 Å². The summed E-state index contributed by atoms with van der Waals surface area (Å²) in [4.78, 5) is 23.1. The normalized spacial score (nSPS) is 23.6. The van der Waals surface area contributed by atoms with E-state index in [1.54, 1.807) is 45.3 Å². The summed E-state index contributed by atoms with van der Waals surface area (Å²) in [6, 6.07) is 11.2. The van der Waals surface area contributed by atoms with Crippen LogP contribution in [-0.4, -0.2) is 81.1 Å². The molecule has 0 bridgehead atoms. The van der Waals surface area contributed by atoms with E-state index in [0.29, 0.717) is 43.2 Å². The van der Waals surface area contributed by atoms with Gasteiger partial charge in [-0.1, -0.05) is 12.1 Å². The van der Waals surface area contributed by atoms with Gasteiger partial charge >= 0.3 is 0 Å². The highest BCUT2D eigenvalue weighted by molar-refractivity contribution is 6.15. The number of hydroxylamine groups is 3. The van der Waals surface area contributed by atoms with Gasteiger partial charge in [0.25, 0.3) is 5.91 Å². The Hall–Kier alpha value is -3.43. The standard InChI is InChI=1S/C26H33N5O4/c1-6-35-23-13-18-19(14-22(23)34-5)24(28-21-11-12-31(4,33)15-20(18)21)16-7-9-17(10-8-16)25(32)29-26(27)30(2)3/h7-10,13-14,20-21H,6,11-12,15H2,1-5H3,(H2,27,29,32)/t20-,21-,31?/m1/s1. The summed E-state index contributed by atoms with van der Waals surface area (Å²) in [5.74, 6) is 1.02. The number of fused-ring (bicyclic) bond motifs is 3. The molecule has 1 unspecified atom stereocenters. The van der Waals surface area contributed by atoms with Crippen molar-refractivity contribution < 1.29 is 18.9 Å². The molecule has 0 aliphatic carbocycles. The van der Waals surface area contributed by atoms with Crippen LogP contribution in [0.5, 0.6) is 11.5 Å². The van der Waals surface area contributed by atoms with Crippen LogP contribution < -0.4 is 15.2 Å². The average Bonchev–Trinajstić information content (AvgIpc) is 2.83. The number of quaternary nitrogens is 1. The number of carbonyl (C=O) groups is 1. The van der Waals surface area contributed by atoms with E-state index in [0.717, 1.165) is 22.4 Å². The van der Waals surface area contributed by atoms with Crippen molar-refractivity contribution in [1.29, 1.82) is 0 Å². The summed E-state index contributed by atoms with van der Waals surface area (Å²) >= 11 is 0. The summed E-state index contributed by atoms with van der Waals surface area (Å²) < 4.78 is 11.2. The molecule has 9 nitrogen and oxygen atoms in total. The Balaban J connectivity index is 1.76. The maximum Gasteiger partial charge on any atom is 0.280 e. The van der Waals surface area contributed by atoms with Crippen molar-refractivity contribution in [3.63, 3.8) is 0 Å². The Kier molecular flexibility index (Phi) is 6.82. The van der Waals surface area contributed by atoms with Gasteiger partial charge in [0.1, 0.15) is 0 Å². The molecule has 35 heavy (non-hydrogen) atoms. The number of rotatable bonds is 5. The van der Waals surface area contributed by atoms with Gasteiger partial charge in [0, 0.05) is 37.2 Å². The van der Waals surface area contributed by atoms with E-state index in [1.807, 2.05) is 31.2 Å². The number of aliphatic imine (C=N–C) groups is 2. The molecule has 1 amide bonds. The van der Waals surface area contributed by atoms with Crippen molar-refractivity contribution in [2.75, 3.05) is 47.9 Å². The largest absolute Gasteiger partial charge is 0.633 e. The predicted octanol–water partition coefficient (Wildman–Crippen LogP) is 2.76. The molecule has 0 saturated carbocycles. The molecule has 9 heteroatoms. The molecule has 2 N–H and O–H groups in total. The molecule has 0 spiro atoms. The minimum absolute atomic E-state index is 0.000640. The summed E-state index contributed by atoms with van der Waals surface area (Å²) in [7, 11) is 6.79. The molecular weight excluding hydrogens is 446 g/mol. The SMILES string of the molecule is CCOc1cc2c(cc1OC)C(c1ccc(C(=O)N=C(N)N(C)C)cc1)=N[C@@H]1CC[N+](C)([O-])C[C@H]21. The maximum absolute atomic E-state index is 12.9. The second-order valence-corrected chi connectivity index (χ2v) is 9.41. The van der Waals surface area contributed by atoms with Crippen molar-refractivity contribution in [3.05, 3.63) is 63.9 Å². The van der Waals surface area contributed by atoms with Crippen LogP contribution in [0.3, 0.4) is 0 Å². The van der Waals surface area contributed by atoms with Crippen molar-refractivity contribution >= 4 is 17.6 Å². The molecule has 1 fully saturated rings. The number of piperidine rings is 1. The van der Waals surface area contributed by atoms with Gasteiger partial charge in [-0.3, -0.25) is 9.79 Å². The summed E-state index contributed by atoms with van der Waals surface area (Å²) in [5, 5.41) is 12.9. The number of methoxy groups -OCH3 is 1. The molecule has 0 aromatic heterocycles. The molecule has 2 aliphatic heterocycles. The fourth-order valence-electron chi connectivity index (χ4n) is 4.72. The highest BCUT2D eigenvalue weighted by Gasteiger charge is 2.40. The van der Waals surface area contributed by atoms with Gasteiger partial charge in [-0.15, -0.1) is 0 Å². The topological polar surface area (TPSA) is 113 Å². The molecule has 4 rings (SSSR count). The fraction of sp³-hybridized carbons (Fsp3) is 0.423. The van der Waals surface area contributed by atoms with E-state index in [-0.39, 0.29) is 22.6 Å². The number of likely N-dealkylation sites (tertiary alicyclic amines) is 1. The zero-order valence-electron chi connectivity index (χ0n) is 20.9. The third kappa shape index (κ3) is 5.01. The number of benzene rings is 2. The minimum Gasteiger partial charge on any atom is -0.633 e. The highest BCUT2D eigenvalue weighted by atomic mass is 16.5. The fourth-order valence-corrected chi connectivity index (χ4v) is 4.72. The van der Waals surface area contributed by atoms with Crippen LogP contribution in [0.1, 0.15) is 46.3 Å². The average molecular weight is 480 g/mol. The number of nitrogens with two attached hydrogens (primary N) is 1. The summed E-state index contributed by atoms with van der Waals surface area (Å²) in [6.07, 6.45) is 0.707. The monoisotopic (exact) mass is 479 g/mol. The zero-order valence-corrected chi connectivity index (χ0v) is 20.9. The van der Waals surface area contributed by atoms with Crippen molar-refractivity contribution in [2.24, 2.45) is 15.7 Å². The van der Waals surface area contributed by atoms with Crippen LogP contribution in [0.2, 0.25) is 0 Å². The Labute approximate surface area is 206 Å². The van der Waals surface area contributed by atoms with Crippen LogP contribution >= 0.6 is 0 Å². The first-order valence-electron chi connectivity index (χ1n) is 11.8. The van der Waals surface area contributed by atoms with Gasteiger partial charge in [0.2, 0.25) is 0 Å². The smallest absolute Gasteiger partial charge is 0.280 e. The van der Waals surface area contributed by atoms with Crippen LogP contribution in [-0.2, 0) is 0 Å². The van der Waals surface area contributed by atoms with Crippen LogP contribution in [0.15, 0.2) is 46.4 Å². The van der Waals surface area contributed by atoms with Gasteiger partial charge in [-0.2, -0.15) is 4.99 Å². The number of hydrogen-bond donors (Lipinski definition) is 1. The molecule has 2 aliphatic rings. The van der Waals surface area contributed by atoms with Crippen LogP contribution in [0.25, 0.3) is 0 Å². The number of nitrogens with zero attached hydrogens (tertiary/aromatic N) is 4. The molecular formula is C26H33N5O4. The third-order valence-electron chi connectivity index (χ3n) is 6.61. The van der Waals surface area contributed by atoms with E-state index < -0.39 is 5.91 Å². The Morgan fingerprint density at radius 3 is 2.60 bits per heavy atom. The lowest BCUT2D eigenvalue weighted by Gasteiger charge is -2.48. The van der Waals surface area contributed by atoms with E-state index in [1.165, 1.54) is 0 Å². The molecule has 2 aromatic rings. The van der Waals surface area contributed by atoms with Crippen molar-refractivity contribution in [1.82, 2.24) is 4.90 Å². The number of amides is 1. The number of likely N-dealkylation sites (N-methyl/N-ethyl adjacent to an activating group) is 1. The Morgan fingerprint density at radius 2 is 1.97 bits per heavy atom. The number of ether oxygens (including phenoxy) is 2. The first kappa shape index (κ1) is 24.7. The predicted molar refractivity (Wildman–Crippen MR) is 136 cm³/mol. The molecule has 2 aromatic carbocycles. The number of hydrogen-bond acceptors (Lipinski definition) is 5. The van der Waals surface area contributed by atoms with Gasteiger partial charge in [-0.25, -0.2) is 0 Å². The lowest BCUT2D eigenvalue weighted by molar-refractivity contribution is -0.867. The van der Waals surface area contributed by atoms with Crippen molar-refractivity contribution in [3.8, 4) is 11.5 Å². The van der Waals surface area contributed by atoms with Crippen LogP contribution in [0, 0.1) is 5.21 Å². The molecule has 186 valence electrons. The second kappa shape index (κ2) is 9.67. The van der Waals surface area contributed by atoms with Gasteiger partial charge < -0.3 is 30.0 Å². The zero-order chi connectivity index (χ0) is 25.3.